The summed E-state index contributed by atoms with van der Waals surface area (Å²) in [5.74, 6) is -4.65. The van der Waals surface area contributed by atoms with Crippen molar-refractivity contribution in [2.45, 2.75) is 70.1 Å². The molecule has 0 aliphatic carbocycles. The first-order chi connectivity index (χ1) is 14.9. The Hall–Kier alpha value is -2.77. The van der Waals surface area contributed by atoms with Crippen LogP contribution in [-0.2, 0) is 24.0 Å². The molecule has 0 heterocycles. The summed E-state index contributed by atoms with van der Waals surface area (Å²) in [5.41, 5.74) is 16.0. The predicted octanol–water partition coefficient (Wildman–Crippen LogP) is -3.10. The van der Waals surface area contributed by atoms with Crippen molar-refractivity contribution in [1.29, 1.82) is 0 Å². The average molecular weight is 461 g/mol. The highest BCUT2D eigenvalue weighted by Gasteiger charge is 2.31. The molecule has 0 saturated carbocycles. The fourth-order valence-electron chi connectivity index (χ4n) is 2.72. The van der Waals surface area contributed by atoms with E-state index in [1.165, 1.54) is 0 Å². The molecule has 0 aromatic carbocycles. The molecule has 11 N–H and O–H groups in total. The standard InChI is InChI=1S/C19H36N6O7/c1-10(2)15(18(30)24-13(19(31)32)6-7-14(22)27)25-17(29)12(5-3-4-8-20)23-16(28)11(21)9-26/h10-13,15,26H,3-9,20-21H2,1-2H3,(H2,22,27)(H,23,28)(H,24,30)(H,25,29)(H,31,32). The number of aliphatic hydroxyl groups is 1. The molecule has 32 heavy (non-hydrogen) atoms. The minimum Gasteiger partial charge on any atom is -0.480 e. The third-order valence-corrected chi connectivity index (χ3v) is 4.65. The number of aliphatic carboxylic acids is 1. The number of carbonyl (C=O) groups is 5. The first-order valence-corrected chi connectivity index (χ1v) is 10.4. The van der Waals surface area contributed by atoms with Crippen LogP contribution in [0, 0.1) is 5.92 Å². The van der Waals surface area contributed by atoms with E-state index in [9.17, 15) is 29.1 Å². The van der Waals surface area contributed by atoms with Gasteiger partial charge in [-0.3, -0.25) is 19.2 Å². The van der Waals surface area contributed by atoms with Crippen molar-refractivity contribution in [1.82, 2.24) is 16.0 Å². The fourth-order valence-corrected chi connectivity index (χ4v) is 2.72. The molecular weight excluding hydrogens is 424 g/mol. The highest BCUT2D eigenvalue weighted by molar-refractivity contribution is 5.94. The van der Waals surface area contributed by atoms with E-state index in [1.54, 1.807) is 13.8 Å². The third-order valence-electron chi connectivity index (χ3n) is 4.65. The highest BCUT2D eigenvalue weighted by Crippen LogP contribution is 2.08. The molecule has 0 radical (unpaired) electrons. The van der Waals surface area contributed by atoms with E-state index in [0.29, 0.717) is 19.4 Å². The van der Waals surface area contributed by atoms with Crippen LogP contribution in [0.5, 0.6) is 0 Å². The Balaban J connectivity index is 5.36. The number of hydrogen-bond acceptors (Lipinski definition) is 8. The zero-order valence-corrected chi connectivity index (χ0v) is 18.5. The lowest BCUT2D eigenvalue weighted by molar-refractivity contribution is -0.143. The summed E-state index contributed by atoms with van der Waals surface area (Å²) in [6.07, 6.45) is 0.883. The molecule has 0 bridgehead atoms. The van der Waals surface area contributed by atoms with E-state index in [1.807, 2.05) is 0 Å². The summed E-state index contributed by atoms with van der Waals surface area (Å²) in [6.45, 7) is 3.07. The van der Waals surface area contributed by atoms with E-state index in [2.05, 4.69) is 16.0 Å². The second-order valence-corrected chi connectivity index (χ2v) is 7.77. The molecule has 4 atom stereocenters. The molecule has 184 valence electrons. The third kappa shape index (κ3) is 11.0. The zero-order valence-electron chi connectivity index (χ0n) is 18.5. The monoisotopic (exact) mass is 460 g/mol. The Kier molecular flexibility index (Phi) is 13.8. The van der Waals surface area contributed by atoms with Crippen LogP contribution in [0.15, 0.2) is 0 Å². The van der Waals surface area contributed by atoms with Gasteiger partial charge in [-0.15, -0.1) is 0 Å². The van der Waals surface area contributed by atoms with Gasteiger partial charge in [-0.25, -0.2) is 4.79 Å². The number of nitrogens with two attached hydrogens (primary N) is 3. The van der Waals surface area contributed by atoms with E-state index >= 15 is 0 Å². The Labute approximate surface area is 186 Å². The molecule has 0 aromatic rings. The van der Waals surface area contributed by atoms with Gasteiger partial charge in [0.25, 0.3) is 0 Å². The number of primary amides is 1. The minimum atomic E-state index is -1.37. The lowest BCUT2D eigenvalue weighted by Gasteiger charge is -2.27. The molecule has 0 rings (SSSR count). The zero-order chi connectivity index (χ0) is 24.8. The number of unbranched alkanes of at least 4 members (excludes halogenated alkanes) is 1. The van der Waals surface area contributed by atoms with E-state index in [-0.39, 0.29) is 19.3 Å². The number of amides is 4. The second-order valence-electron chi connectivity index (χ2n) is 7.77. The van der Waals surface area contributed by atoms with Crippen LogP contribution in [0.25, 0.3) is 0 Å². The summed E-state index contributed by atoms with van der Waals surface area (Å²) in [6, 6.07) is -4.73. The van der Waals surface area contributed by atoms with Crippen LogP contribution < -0.4 is 33.2 Å². The molecule has 13 heteroatoms. The van der Waals surface area contributed by atoms with Crippen LogP contribution in [0.4, 0.5) is 0 Å². The topological polar surface area (TPSA) is 240 Å². The highest BCUT2D eigenvalue weighted by atomic mass is 16.4. The molecule has 0 saturated heterocycles. The largest absolute Gasteiger partial charge is 0.480 e. The molecule has 0 spiro atoms. The van der Waals surface area contributed by atoms with Gasteiger partial charge in [-0.2, -0.15) is 0 Å². The molecule has 4 unspecified atom stereocenters. The van der Waals surface area contributed by atoms with Crippen molar-refractivity contribution in [3.63, 3.8) is 0 Å². The number of aliphatic hydroxyl groups excluding tert-OH is 1. The van der Waals surface area contributed by atoms with Crippen molar-refractivity contribution >= 4 is 29.6 Å². The van der Waals surface area contributed by atoms with Gasteiger partial charge in [0.05, 0.1) is 6.61 Å². The van der Waals surface area contributed by atoms with Gasteiger partial charge in [0, 0.05) is 6.42 Å². The summed E-state index contributed by atoms with van der Waals surface area (Å²) >= 11 is 0. The lowest BCUT2D eigenvalue weighted by atomic mass is 10.0. The van der Waals surface area contributed by atoms with Gasteiger partial charge in [0.1, 0.15) is 24.2 Å². The molecule has 0 fully saturated rings. The maximum absolute atomic E-state index is 12.8. The summed E-state index contributed by atoms with van der Waals surface area (Å²) in [7, 11) is 0. The van der Waals surface area contributed by atoms with Crippen LogP contribution in [0.3, 0.4) is 0 Å². The van der Waals surface area contributed by atoms with Gasteiger partial charge in [0.2, 0.25) is 23.6 Å². The smallest absolute Gasteiger partial charge is 0.326 e. The van der Waals surface area contributed by atoms with Crippen molar-refractivity contribution in [2.75, 3.05) is 13.2 Å². The van der Waals surface area contributed by atoms with Crippen LogP contribution in [0.2, 0.25) is 0 Å². The minimum absolute atomic E-state index is 0.202. The molecule has 0 aromatic heterocycles. The summed E-state index contributed by atoms with van der Waals surface area (Å²) < 4.78 is 0. The van der Waals surface area contributed by atoms with Gasteiger partial charge >= 0.3 is 5.97 Å². The molecular formula is C19H36N6O7. The first kappa shape index (κ1) is 29.2. The first-order valence-electron chi connectivity index (χ1n) is 10.4. The van der Waals surface area contributed by atoms with Crippen molar-refractivity contribution in [2.24, 2.45) is 23.1 Å². The number of hydrogen-bond donors (Lipinski definition) is 8. The maximum atomic E-state index is 12.8. The van der Waals surface area contributed by atoms with E-state index in [4.69, 9.17) is 22.3 Å². The Bertz CT molecular complexity index is 658. The number of nitrogens with one attached hydrogen (secondary N) is 3. The number of carboxylic acid groups (broad SMARTS) is 1. The van der Waals surface area contributed by atoms with Crippen LogP contribution in [-0.4, -0.2) is 77.1 Å². The fraction of sp³-hybridized carbons (Fsp3) is 0.737. The van der Waals surface area contributed by atoms with E-state index < -0.39 is 66.3 Å². The molecule has 4 amide bonds. The Morgan fingerprint density at radius 1 is 0.875 bits per heavy atom. The van der Waals surface area contributed by atoms with Gasteiger partial charge < -0.3 is 43.4 Å². The summed E-state index contributed by atoms with van der Waals surface area (Å²) in [4.78, 5) is 59.9. The average Bonchev–Trinajstić information content (AvgIpc) is 2.72. The molecule has 0 aliphatic rings. The van der Waals surface area contributed by atoms with Crippen molar-refractivity contribution in [3.8, 4) is 0 Å². The lowest BCUT2D eigenvalue weighted by Crippen LogP contribution is -2.58. The molecule has 13 nitrogen and oxygen atoms in total. The van der Waals surface area contributed by atoms with Crippen molar-refractivity contribution in [3.05, 3.63) is 0 Å². The van der Waals surface area contributed by atoms with Gasteiger partial charge in [0.15, 0.2) is 0 Å². The van der Waals surface area contributed by atoms with Crippen LogP contribution in [0.1, 0.15) is 46.0 Å². The van der Waals surface area contributed by atoms with Crippen LogP contribution >= 0.6 is 0 Å². The maximum Gasteiger partial charge on any atom is 0.326 e. The van der Waals surface area contributed by atoms with Gasteiger partial charge in [-0.1, -0.05) is 13.8 Å². The normalized spacial score (nSPS) is 14.7. The number of carbonyl (C=O) groups excluding carboxylic acids is 4. The second kappa shape index (κ2) is 15.1. The van der Waals surface area contributed by atoms with E-state index in [0.717, 1.165) is 0 Å². The number of rotatable bonds is 16. The number of carboxylic acids is 1. The predicted molar refractivity (Wildman–Crippen MR) is 115 cm³/mol. The summed E-state index contributed by atoms with van der Waals surface area (Å²) in [5, 5.41) is 25.6. The Morgan fingerprint density at radius 3 is 1.94 bits per heavy atom. The SMILES string of the molecule is CC(C)C(NC(=O)C(CCCCN)NC(=O)C(N)CO)C(=O)NC(CCC(N)=O)C(=O)O. The Morgan fingerprint density at radius 2 is 1.47 bits per heavy atom. The van der Waals surface area contributed by atoms with Crippen molar-refractivity contribution < 1.29 is 34.2 Å². The van der Waals surface area contributed by atoms with Gasteiger partial charge in [-0.05, 0) is 38.1 Å². The quantitative estimate of drug-likeness (QED) is 0.109. The molecule has 0 aliphatic heterocycles.